The Morgan fingerprint density at radius 1 is 1.04 bits per heavy atom. The summed E-state index contributed by atoms with van der Waals surface area (Å²) in [5.74, 6) is 0.527. The predicted octanol–water partition coefficient (Wildman–Crippen LogP) is 2.91. The van der Waals surface area contributed by atoms with Crippen molar-refractivity contribution in [2.24, 2.45) is 0 Å². The summed E-state index contributed by atoms with van der Waals surface area (Å²) in [6, 6.07) is 13.6. The number of hydrogen-bond donors (Lipinski definition) is 1. The highest BCUT2D eigenvalue weighted by molar-refractivity contribution is 9.10. The second-order valence-corrected chi connectivity index (χ2v) is 7.30. The Morgan fingerprint density at radius 3 is 2.30 bits per heavy atom. The number of aromatic hydroxyl groups is 1. The van der Waals surface area contributed by atoms with Crippen molar-refractivity contribution in [3.8, 4) is 11.5 Å². The van der Waals surface area contributed by atoms with Crippen LogP contribution in [0.3, 0.4) is 0 Å². The lowest BCUT2D eigenvalue weighted by Crippen LogP contribution is -2.53. The van der Waals surface area contributed by atoms with Crippen molar-refractivity contribution >= 4 is 27.7 Å². The zero-order valence-corrected chi connectivity index (χ0v) is 16.6. The predicted molar refractivity (Wildman–Crippen MR) is 105 cm³/mol. The van der Waals surface area contributed by atoms with Crippen molar-refractivity contribution in [1.82, 2.24) is 9.80 Å². The summed E-state index contributed by atoms with van der Waals surface area (Å²) in [6.07, 6.45) is -0.637. The number of ether oxygens (including phenoxy) is 1. The van der Waals surface area contributed by atoms with E-state index in [0.29, 0.717) is 37.5 Å². The van der Waals surface area contributed by atoms with E-state index in [1.54, 1.807) is 41.0 Å². The Hall–Kier alpha value is -2.54. The van der Waals surface area contributed by atoms with Crippen LogP contribution in [-0.4, -0.2) is 59.0 Å². The zero-order chi connectivity index (χ0) is 19.4. The van der Waals surface area contributed by atoms with E-state index in [1.165, 1.54) is 12.1 Å². The van der Waals surface area contributed by atoms with Gasteiger partial charge in [0.15, 0.2) is 6.10 Å². The third kappa shape index (κ3) is 4.80. The van der Waals surface area contributed by atoms with Crippen LogP contribution in [0.4, 0.5) is 0 Å². The molecular weight excluding hydrogens is 412 g/mol. The van der Waals surface area contributed by atoms with Gasteiger partial charge in [0.05, 0.1) is 0 Å². The van der Waals surface area contributed by atoms with Crippen LogP contribution in [0.25, 0.3) is 0 Å². The molecule has 2 aromatic carbocycles. The Balaban J connectivity index is 1.54. The molecule has 0 spiro atoms. The SMILES string of the molecule is CC(Oc1ccc(O)cc1)C(=O)N1CCN(C(=O)c2cccc(Br)c2)CC1. The topological polar surface area (TPSA) is 70.1 Å². The second kappa shape index (κ2) is 8.43. The van der Waals surface area contributed by atoms with Gasteiger partial charge in [0.1, 0.15) is 11.5 Å². The Bertz CT molecular complexity index is 817. The van der Waals surface area contributed by atoms with E-state index < -0.39 is 6.10 Å². The maximum atomic E-state index is 12.6. The molecule has 1 aliphatic heterocycles. The zero-order valence-electron chi connectivity index (χ0n) is 15.0. The molecule has 0 bridgehead atoms. The van der Waals surface area contributed by atoms with Gasteiger partial charge in [-0.1, -0.05) is 22.0 Å². The van der Waals surface area contributed by atoms with Crippen molar-refractivity contribution < 1.29 is 19.4 Å². The van der Waals surface area contributed by atoms with Crippen LogP contribution in [0.15, 0.2) is 53.0 Å². The fourth-order valence-electron chi connectivity index (χ4n) is 2.97. The first kappa shape index (κ1) is 19.2. The minimum absolute atomic E-state index is 0.0307. The van der Waals surface area contributed by atoms with Gasteiger partial charge in [-0.2, -0.15) is 0 Å². The smallest absolute Gasteiger partial charge is 0.263 e. The van der Waals surface area contributed by atoms with Crippen LogP contribution in [0.2, 0.25) is 0 Å². The Labute approximate surface area is 166 Å². The van der Waals surface area contributed by atoms with Crippen LogP contribution in [0.1, 0.15) is 17.3 Å². The minimum atomic E-state index is -0.637. The maximum Gasteiger partial charge on any atom is 0.263 e. The number of piperazine rings is 1. The van der Waals surface area contributed by atoms with Crippen molar-refractivity contribution in [2.45, 2.75) is 13.0 Å². The fraction of sp³-hybridized carbons (Fsp3) is 0.300. The molecule has 1 N–H and O–H groups in total. The first-order valence-electron chi connectivity index (χ1n) is 8.73. The lowest BCUT2D eigenvalue weighted by Gasteiger charge is -2.36. The highest BCUT2D eigenvalue weighted by Gasteiger charge is 2.28. The summed E-state index contributed by atoms with van der Waals surface area (Å²) < 4.78 is 6.52. The molecule has 2 amide bonds. The standard InChI is InChI=1S/C20H21BrN2O4/c1-14(27-18-7-5-17(24)6-8-18)19(25)22-9-11-23(12-10-22)20(26)15-3-2-4-16(21)13-15/h2-8,13-14,24H,9-12H2,1H3. The molecular formula is C20H21BrN2O4. The molecule has 0 radical (unpaired) electrons. The molecule has 0 aliphatic carbocycles. The first-order valence-corrected chi connectivity index (χ1v) is 9.52. The lowest BCUT2D eigenvalue weighted by atomic mass is 10.1. The molecule has 1 saturated heterocycles. The van der Waals surface area contributed by atoms with E-state index in [2.05, 4.69) is 15.9 Å². The number of hydrogen-bond acceptors (Lipinski definition) is 4. The van der Waals surface area contributed by atoms with Gasteiger partial charge < -0.3 is 19.6 Å². The molecule has 1 atom stereocenters. The Morgan fingerprint density at radius 2 is 1.67 bits per heavy atom. The molecule has 0 saturated carbocycles. The van der Waals surface area contributed by atoms with Gasteiger partial charge >= 0.3 is 0 Å². The quantitative estimate of drug-likeness (QED) is 0.805. The molecule has 0 aromatic heterocycles. The number of phenols is 1. The van der Waals surface area contributed by atoms with Gasteiger partial charge in [-0.25, -0.2) is 0 Å². The van der Waals surface area contributed by atoms with E-state index >= 15 is 0 Å². The molecule has 3 rings (SSSR count). The van der Waals surface area contributed by atoms with Crippen molar-refractivity contribution in [2.75, 3.05) is 26.2 Å². The summed E-state index contributed by atoms with van der Waals surface area (Å²) >= 11 is 3.38. The van der Waals surface area contributed by atoms with E-state index in [1.807, 2.05) is 12.1 Å². The number of halogens is 1. The summed E-state index contributed by atoms with van der Waals surface area (Å²) in [6.45, 7) is 3.63. The summed E-state index contributed by atoms with van der Waals surface area (Å²) in [5, 5.41) is 9.31. The Kier molecular flexibility index (Phi) is 6.01. The molecule has 2 aromatic rings. The average Bonchev–Trinajstić information content (AvgIpc) is 2.68. The second-order valence-electron chi connectivity index (χ2n) is 6.38. The minimum Gasteiger partial charge on any atom is -0.508 e. The number of benzene rings is 2. The summed E-state index contributed by atoms with van der Waals surface area (Å²) in [4.78, 5) is 28.7. The highest BCUT2D eigenvalue weighted by atomic mass is 79.9. The van der Waals surface area contributed by atoms with Crippen molar-refractivity contribution in [3.63, 3.8) is 0 Å². The van der Waals surface area contributed by atoms with Gasteiger partial charge in [-0.15, -0.1) is 0 Å². The van der Waals surface area contributed by atoms with Gasteiger partial charge in [-0.05, 0) is 49.4 Å². The molecule has 7 heteroatoms. The number of amides is 2. The normalized spacial score (nSPS) is 15.3. The van der Waals surface area contributed by atoms with Gasteiger partial charge in [0.25, 0.3) is 11.8 Å². The molecule has 1 fully saturated rings. The van der Waals surface area contributed by atoms with E-state index in [4.69, 9.17) is 4.74 Å². The number of carbonyl (C=O) groups excluding carboxylic acids is 2. The van der Waals surface area contributed by atoms with Crippen LogP contribution in [0.5, 0.6) is 11.5 Å². The average molecular weight is 433 g/mol. The third-order valence-electron chi connectivity index (χ3n) is 4.45. The van der Waals surface area contributed by atoms with Gasteiger partial charge in [0.2, 0.25) is 0 Å². The van der Waals surface area contributed by atoms with E-state index in [-0.39, 0.29) is 17.6 Å². The third-order valence-corrected chi connectivity index (χ3v) is 4.94. The number of carbonyl (C=O) groups is 2. The monoisotopic (exact) mass is 432 g/mol. The van der Waals surface area contributed by atoms with Crippen LogP contribution < -0.4 is 4.74 Å². The van der Waals surface area contributed by atoms with Crippen molar-refractivity contribution in [3.05, 3.63) is 58.6 Å². The molecule has 142 valence electrons. The molecule has 27 heavy (non-hydrogen) atoms. The number of phenolic OH excluding ortho intramolecular Hbond substituents is 1. The number of rotatable bonds is 4. The summed E-state index contributed by atoms with van der Waals surface area (Å²) in [7, 11) is 0. The largest absolute Gasteiger partial charge is 0.508 e. The highest BCUT2D eigenvalue weighted by Crippen LogP contribution is 2.19. The van der Waals surface area contributed by atoms with E-state index in [9.17, 15) is 14.7 Å². The van der Waals surface area contributed by atoms with Crippen molar-refractivity contribution in [1.29, 1.82) is 0 Å². The molecule has 1 aliphatic rings. The van der Waals surface area contributed by atoms with Crippen LogP contribution in [-0.2, 0) is 4.79 Å². The molecule has 1 unspecified atom stereocenters. The maximum absolute atomic E-state index is 12.6. The lowest BCUT2D eigenvalue weighted by molar-refractivity contribution is -0.139. The molecule has 6 nitrogen and oxygen atoms in total. The van der Waals surface area contributed by atoms with Gasteiger partial charge in [-0.3, -0.25) is 9.59 Å². The fourth-order valence-corrected chi connectivity index (χ4v) is 3.37. The molecule has 1 heterocycles. The van der Waals surface area contributed by atoms with Gasteiger partial charge in [0, 0.05) is 36.2 Å². The number of nitrogens with zero attached hydrogens (tertiary/aromatic N) is 2. The summed E-state index contributed by atoms with van der Waals surface area (Å²) in [5.41, 5.74) is 0.633. The van der Waals surface area contributed by atoms with Crippen LogP contribution >= 0.6 is 15.9 Å². The first-order chi connectivity index (χ1) is 12.9. The van der Waals surface area contributed by atoms with E-state index in [0.717, 1.165) is 4.47 Å². The van der Waals surface area contributed by atoms with Crippen LogP contribution in [0, 0.1) is 0 Å².